The van der Waals surface area contributed by atoms with E-state index in [2.05, 4.69) is 15.5 Å². The van der Waals surface area contributed by atoms with E-state index in [1.165, 1.54) is 12.8 Å². The maximum absolute atomic E-state index is 5.61. The first-order valence-corrected chi connectivity index (χ1v) is 7.48. The molecule has 1 saturated carbocycles. The highest BCUT2D eigenvalue weighted by atomic mass is 32.1. The smallest absolute Gasteiger partial charge is 0.148 e. The van der Waals surface area contributed by atoms with E-state index in [9.17, 15) is 0 Å². The highest BCUT2D eigenvalue weighted by molar-refractivity contribution is 7.11. The van der Waals surface area contributed by atoms with Gasteiger partial charge in [0.1, 0.15) is 16.1 Å². The third kappa shape index (κ3) is 3.47. The van der Waals surface area contributed by atoms with Crippen molar-refractivity contribution in [3.05, 3.63) is 10.0 Å². The van der Waals surface area contributed by atoms with Gasteiger partial charge in [0.25, 0.3) is 0 Å². The minimum absolute atomic E-state index is 0.00501. The molecule has 1 aliphatic heterocycles. The van der Waals surface area contributed by atoms with Crippen LogP contribution in [0.3, 0.4) is 0 Å². The molecule has 1 aromatic heterocycles. The average Bonchev–Trinajstić information content (AvgIpc) is 3.12. The van der Waals surface area contributed by atoms with E-state index in [0.29, 0.717) is 19.8 Å². The monoisotopic (exact) mass is 269 g/mol. The summed E-state index contributed by atoms with van der Waals surface area (Å²) in [7, 11) is 0. The van der Waals surface area contributed by atoms with Gasteiger partial charge in [0.15, 0.2) is 0 Å². The van der Waals surface area contributed by atoms with Crippen LogP contribution in [0.25, 0.3) is 0 Å². The normalized spacial score (nSPS) is 24.3. The largest absolute Gasteiger partial charge is 0.376 e. The van der Waals surface area contributed by atoms with Crippen LogP contribution < -0.4 is 5.32 Å². The first-order chi connectivity index (χ1) is 8.92. The SMILES string of the molecule is C(CNC1CC1)Cc1nnc(C2COCCO2)s1. The summed E-state index contributed by atoms with van der Waals surface area (Å²) in [5.41, 5.74) is 0. The van der Waals surface area contributed by atoms with E-state index >= 15 is 0 Å². The van der Waals surface area contributed by atoms with Gasteiger partial charge in [-0.2, -0.15) is 0 Å². The second-order valence-electron chi connectivity index (χ2n) is 4.80. The zero-order valence-corrected chi connectivity index (χ0v) is 11.2. The lowest BCUT2D eigenvalue weighted by atomic mass is 10.3. The number of hydrogen-bond donors (Lipinski definition) is 1. The molecule has 0 radical (unpaired) electrons. The van der Waals surface area contributed by atoms with Crippen LogP contribution in [0, 0.1) is 0 Å². The number of rotatable bonds is 6. The maximum Gasteiger partial charge on any atom is 0.148 e. The first-order valence-electron chi connectivity index (χ1n) is 6.67. The molecule has 0 aromatic carbocycles. The van der Waals surface area contributed by atoms with Crippen molar-refractivity contribution in [2.24, 2.45) is 0 Å². The summed E-state index contributed by atoms with van der Waals surface area (Å²) < 4.78 is 11.0. The molecule has 1 aromatic rings. The number of aromatic nitrogens is 2. The van der Waals surface area contributed by atoms with Crippen molar-refractivity contribution in [2.45, 2.75) is 37.8 Å². The fourth-order valence-corrected chi connectivity index (χ4v) is 2.88. The fraction of sp³-hybridized carbons (Fsp3) is 0.833. The molecule has 2 fully saturated rings. The fourth-order valence-electron chi connectivity index (χ4n) is 1.96. The molecule has 0 spiro atoms. The van der Waals surface area contributed by atoms with Crippen molar-refractivity contribution in [1.29, 1.82) is 0 Å². The van der Waals surface area contributed by atoms with Crippen molar-refractivity contribution in [1.82, 2.24) is 15.5 Å². The number of ether oxygens (including phenoxy) is 2. The molecule has 2 heterocycles. The van der Waals surface area contributed by atoms with Crippen molar-refractivity contribution < 1.29 is 9.47 Å². The van der Waals surface area contributed by atoms with Gasteiger partial charge in [0.05, 0.1) is 19.8 Å². The van der Waals surface area contributed by atoms with Crippen LogP contribution in [0.15, 0.2) is 0 Å². The van der Waals surface area contributed by atoms with Gasteiger partial charge in [0, 0.05) is 12.5 Å². The third-order valence-corrected chi connectivity index (χ3v) is 4.23. The van der Waals surface area contributed by atoms with Crippen LogP contribution in [0.2, 0.25) is 0 Å². The average molecular weight is 269 g/mol. The Balaban J connectivity index is 1.43. The molecule has 1 atom stereocenters. The lowest BCUT2D eigenvalue weighted by Gasteiger charge is -2.20. The van der Waals surface area contributed by atoms with Gasteiger partial charge < -0.3 is 14.8 Å². The van der Waals surface area contributed by atoms with Gasteiger partial charge in [-0.3, -0.25) is 0 Å². The molecule has 1 unspecified atom stereocenters. The highest BCUT2D eigenvalue weighted by Crippen LogP contribution is 2.24. The van der Waals surface area contributed by atoms with Crippen LogP contribution in [0.1, 0.15) is 35.4 Å². The van der Waals surface area contributed by atoms with Crippen LogP contribution in [0.5, 0.6) is 0 Å². The summed E-state index contributed by atoms with van der Waals surface area (Å²) in [6.45, 7) is 3.04. The standard InChI is InChI=1S/C12H19N3O2S/c1(5-13-9-3-4-9)2-11-14-15-12(18-11)10-8-16-6-7-17-10/h9-10,13H,1-8H2. The Morgan fingerprint density at radius 1 is 1.28 bits per heavy atom. The predicted octanol–water partition coefficient (Wildman–Crippen LogP) is 1.31. The van der Waals surface area contributed by atoms with E-state index in [4.69, 9.17) is 9.47 Å². The molecule has 5 nitrogen and oxygen atoms in total. The molecule has 0 amide bonds. The molecule has 0 bridgehead atoms. The Hall–Kier alpha value is -0.560. The molecule has 100 valence electrons. The summed E-state index contributed by atoms with van der Waals surface area (Å²) in [5, 5.41) is 14.0. The van der Waals surface area contributed by atoms with Gasteiger partial charge in [-0.1, -0.05) is 11.3 Å². The topological polar surface area (TPSA) is 56.3 Å². The Kier molecular flexibility index (Phi) is 4.20. The summed E-state index contributed by atoms with van der Waals surface area (Å²) in [6, 6.07) is 0.794. The van der Waals surface area contributed by atoms with Crippen LogP contribution in [-0.4, -0.2) is 42.6 Å². The molecule has 3 rings (SSSR count). The van der Waals surface area contributed by atoms with Gasteiger partial charge in [-0.15, -0.1) is 10.2 Å². The highest BCUT2D eigenvalue weighted by Gasteiger charge is 2.21. The minimum Gasteiger partial charge on any atom is -0.376 e. The zero-order valence-electron chi connectivity index (χ0n) is 10.4. The van der Waals surface area contributed by atoms with Gasteiger partial charge >= 0.3 is 0 Å². The summed E-state index contributed by atoms with van der Waals surface area (Å²) in [6.07, 6.45) is 4.83. The summed E-state index contributed by atoms with van der Waals surface area (Å²) >= 11 is 1.66. The molecule has 6 heteroatoms. The quantitative estimate of drug-likeness (QED) is 0.789. The Morgan fingerprint density at radius 2 is 2.22 bits per heavy atom. The maximum atomic E-state index is 5.61. The number of nitrogens with one attached hydrogen (secondary N) is 1. The van der Waals surface area contributed by atoms with Crippen LogP contribution >= 0.6 is 11.3 Å². The number of aryl methyl sites for hydroxylation is 1. The molecule has 18 heavy (non-hydrogen) atoms. The molecule has 1 aliphatic carbocycles. The lowest BCUT2D eigenvalue weighted by molar-refractivity contribution is -0.0903. The van der Waals surface area contributed by atoms with Gasteiger partial charge in [-0.25, -0.2) is 0 Å². The van der Waals surface area contributed by atoms with Gasteiger partial charge in [-0.05, 0) is 25.8 Å². The second-order valence-corrected chi connectivity index (χ2v) is 5.89. The van der Waals surface area contributed by atoms with Crippen molar-refractivity contribution in [3.63, 3.8) is 0 Å². The lowest BCUT2D eigenvalue weighted by Crippen LogP contribution is -2.21. The van der Waals surface area contributed by atoms with E-state index in [1.54, 1.807) is 11.3 Å². The van der Waals surface area contributed by atoms with Crippen molar-refractivity contribution in [2.75, 3.05) is 26.4 Å². The number of nitrogens with zero attached hydrogens (tertiary/aromatic N) is 2. The summed E-state index contributed by atoms with van der Waals surface area (Å²) in [5.74, 6) is 0. The molecular formula is C12H19N3O2S. The molecule has 1 saturated heterocycles. The van der Waals surface area contributed by atoms with E-state index in [-0.39, 0.29) is 6.10 Å². The predicted molar refractivity (Wildman–Crippen MR) is 68.8 cm³/mol. The number of hydrogen-bond acceptors (Lipinski definition) is 6. The minimum atomic E-state index is -0.00501. The van der Waals surface area contributed by atoms with E-state index in [1.807, 2.05) is 0 Å². The van der Waals surface area contributed by atoms with E-state index < -0.39 is 0 Å². The van der Waals surface area contributed by atoms with Gasteiger partial charge in [0.2, 0.25) is 0 Å². The second kappa shape index (κ2) is 6.06. The third-order valence-electron chi connectivity index (χ3n) is 3.15. The van der Waals surface area contributed by atoms with Crippen LogP contribution in [-0.2, 0) is 15.9 Å². The molecule has 1 N–H and O–H groups in total. The molecular weight excluding hydrogens is 250 g/mol. The molecule has 2 aliphatic rings. The Bertz CT molecular complexity index is 375. The van der Waals surface area contributed by atoms with Crippen molar-refractivity contribution >= 4 is 11.3 Å². The summed E-state index contributed by atoms with van der Waals surface area (Å²) in [4.78, 5) is 0. The zero-order chi connectivity index (χ0) is 12.2. The Morgan fingerprint density at radius 3 is 3.00 bits per heavy atom. The van der Waals surface area contributed by atoms with Crippen molar-refractivity contribution in [3.8, 4) is 0 Å². The van der Waals surface area contributed by atoms with E-state index in [0.717, 1.165) is 35.4 Å². The van der Waals surface area contributed by atoms with Crippen LogP contribution in [0.4, 0.5) is 0 Å². The first kappa shape index (κ1) is 12.5. The Labute approximate surface area is 111 Å².